The van der Waals surface area contributed by atoms with Crippen molar-refractivity contribution in [2.45, 2.75) is 12.8 Å². The Balaban J connectivity index is 1.48. The second kappa shape index (κ2) is 9.61. The second-order valence-corrected chi connectivity index (χ2v) is 6.07. The highest BCUT2D eigenvalue weighted by Gasteiger charge is 2.13. The minimum Gasteiger partial charge on any atom is -0.454 e. The third kappa shape index (κ3) is 5.62. The maximum Gasteiger partial charge on any atom is 0.411 e. The normalized spacial score (nSPS) is 11.8. The number of benzene rings is 2. The van der Waals surface area contributed by atoms with Crippen molar-refractivity contribution in [1.82, 2.24) is 0 Å². The van der Waals surface area contributed by atoms with Gasteiger partial charge in [0.2, 0.25) is 12.7 Å². The first-order chi connectivity index (χ1) is 13.6. The Morgan fingerprint density at radius 3 is 2.61 bits per heavy atom. The summed E-state index contributed by atoms with van der Waals surface area (Å²) in [5, 5.41) is 5.43. The van der Waals surface area contributed by atoms with Gasteiger partial charge in [-0.15, -0.1) is 0 Å². The highest BCUT2D eigenvalue weighted by Crippen LogP contribution is 2.32. The standard InChI is InChI=1S/C20H22N2O6/c1-25-9-10-26-20(24)22-16-4-2-3-15(12-16)21-19(23)8-6-14-5-7-17-18(11-14)28-13-27-17/h2-5,7,11-12H,6,8-10,13H2,1H3,(H,21,23)(H,22,24). The van der Waals surface area contributed by atoms with Crippen molar-refractivity contribution in [2.24, 2.45) is 0 Å². The van der Waals surface area contributed by atoms with Crippen LogP contribution in [0, 0.1) is 0 Å². The number of hydrogen-bond donors (Lipinski definition) is 2. The lowest BCUT2D eigenvalue weighted by atomic mass is 10.1. The number of rotatable bonds is 8. The average Bonchev–Trinajstić information content (AvgIpc) is 3.15. The summed E-state index contributed by atoms with van der Waals surface area (Å²) in [4.78, 5) is 23.9. The van der Waals surface area contributed by atoms with Crippen molar-refractivity contribution in [2.75, 3.05) is 37.8 Å². The molecular formula is C20H22N2O6. The van der Waals surface area contributed by atoms with Gasteiger partial charge in [0, 0.05) is 24.9 Å². The van der Waals surface area contributed by atoms with E-state index in [1.807, 2.05) is 18.2 Å². The first kappa shape index (κ1) is 19.5. The number of carbonyl (C=O) groups excluding carboxylic acids is 2. The van der Waals surface area contributed by atoms with Gasteiger partial charge in [-0.25, -0.2) is 4.79 Å². The van der Waals surface area contributed by atoms with Crippen LogP contribution < -0.4 is 20.1 Å². The molecule has 28 heavy (non-hydrogen) atoms. The van der Waals surface area contributed by atoms with Gasteiger partial charge in [-0.05, 0) is 42.3 Å². The molecule has 0 aromatic heterocycles. The van der Waals surface area contributed by atoms with Crippen LogP contribution in [-0.2, 0) is 20.7 Å². The summed E-state index contributed by atoms with van der Waals surface area (Å²) in [6.07, 6.45) is 0.311. The van der Waals surface area contributed by atoms with Crippen molar-refractivity contribution in [3.8, 4) is 11.5 Å². The van der Waals surface area contributed by atoms with E-state index in [0.717, 1.165) is 11.3 Å². The highest BCUT2D eigenvalue weighted by atomic mass is 16.7. The Morgan fingerprint density at radius 2 is 1.79 bits per heavy atom. The van der Waals surface area contributed by atoms with E-state index in [1.165, 1.54) is 7.11 Å². The number of ether oxygens (including phenoxy) is 4. The number of methoxy groups -OCH3 is 1. The van der Waals surface area contributed by atoms with E-state index in [-0.39, 0.29) is 19.3 Å². The number of fused-ring (bicyclic) bond motifs is 1. The van der Waals surface area contributed by atoms with Gasteiger partial charge < -0.3 is 24.3 Å². The van der Waals surface area contributed by atoms with Crippen LogP contribution in [0.4, 0.5) is 16.2 Å². The molecule has 3 rings (SSSR count). The molecule has 0 bridgehead atoms. The monoisotopic (exact) mass is 386 g/mol. The van der Waals surface area contributed by atoms with E-state index in [1.54, 1.807) is 24.3 Å². The molecule has 0 aliphatic carbocycles. The maximum absolute atomic E-state index is 12.2. The molecule has 8 heteroatoms. The van der Waals surface area contributed by atoms with Gasteiger partial charge in [-0.3, -0.25) is 10.1 Å². The van der Waals surface area contributed by atoms with E-state index in [0.29, 0.717) is 36.6 Å². The molecule has 8 nitrogen and oxygen atoms in total. The van der Waals surface area contributed by atoms with E-state index in [2.05, 4.69) is 10.6 Å². The summed E-state index contributed by atoms with van der Waals surface area (Å²) in [5.74, 6) is 1.30. The number of hydrogen-bond acceptors (Lipinski definition) is 6. The fraction of sp³-hybridized carbons (Fsp3) is 0.300. The SMILES string of the molecule is COCCOC(=O)Nc1cccc(NC(=O)CCc2ccc3c(c2)OCO3)c1. The minimum atomic E-state index is -0.580. The molecule has 0 spiro atoms. The molecule has 0 fully saturated rings. The number of nitrogens with one attached hydrogen (secondary N) is 2. The lowest BCUT2D eigenvalue weighted by Gasteiger charge is -2.09. The quantitative estimate of drug-likeness (QED) is 0.677. The van der Waals surface area contributed by atoms with Gasteiger partial charge in [0.05, 0.1) is 6.61 Å². The minimum absolute atomic E-state index is 0.127. The molecule has 0 saturated heterocycles. The van der Waals surface area contributed by atoms with Crippen LogP contribution in [0.5, 0.6) is 11.5 Å². The predicted molar refractivity (Wildman–Crippen MR) is 103 cm³/mol. The van der Waals surface area contributed by atoms with Crippen molar-refractivity contribution < 1.29 is 28.5 Å². The molecule has 0 radical (unpaired) electrons. The summed E-state index contributed by atoms with van der Waals surface area (Å²) in [5.41, 5.74) is 2.11. The number of anilines is 2. The van der Waals surface area contributed by atoms with Crippen LogP contribution in [0.25, 0.3) is 0 Å². The lowest BCUT2D eigenvalue weighted by Crippen LogP contribution is -2.17. The fourth-order valence-electron chi connectivity index (χ4n) is 2.62. The summed E-state index contributed by atoms with van der Waals surface area (Å²) in [6.45, 7) is 0.717. The van der Waals surface area contributed by atoms with E-state index >= 15 is 0 Å². The Kier molecular flexibility index (Phi) is 6.69. The zero-order chi connectivity index (χ0) is 19.8. The van der Waals surface area contributed by atoms with Crippen molar-refractivity contribution in [1.29, 1.82) is 0 Å². The smallest absolute Gasteiger partial charge is 0.411 e. The van der Waals surface area contributed by atoms with Gasteiger partial charge in [0.1, 0.15) is 6.61 Å². The van der Waals surface area contributed by atoms with Gasteiger partial charge in [0.25, 0.3) is 0 Å². The van der Waals surface area contributed by atoms with Crippen LogP contribution in [-0.4, -0.2) is 39.1 Å². The van der Waals surface area contributed by atoms with Gasteiger partial charge in [-0.1, -0.05) is 12.1 Å². The van der Waals surface area contributed by atoms with Gasteiger partial charge >= 0.3 is 6.09 Å². The Labute approximate surface area is 162 Å². The van der Waals surface area contributed by atoms with Gasteiger partial charge in [0.15, 0.2) is 11.5 Å². The largest absolute Gasteiger partial charge is 0.454 e. The molecule has 0 saturated carbocycles. The number of amides is 2. The first-order valence-electron chi connectivity index (χ1n) is 8.85. The molecule has 2 N–H and O–H groups in total. The maximum atomic E-state index is 12.2. The summed E-state index contributed by atoms with van der Waals surface area (Å²) in [7, 11) is 1.53. The molecule has 0 atom stereocenters. The van der Waals surface area contributed by atoms with E-state index in [9.17, 15) is 9.59 Å². The molecule has 2 aromatic carbocycles. The van der Waals surface area contributed by atoms with Crippen LogP contribution in [0.1, 0.15) is 12.0 Å². The molecule has 148 valence electrons. The zero-order valence-corrected chi connectivity index (χ0v) is 15.5. The summed E-state index contributed by atoms with van der Waals surface area (Å²) >= 11 is 0. The topological polar surface area (TPSA) is 95.1 Å². The third-order valence-corrected chi connectivity index (χ3v) is 3.99. The van der Waals surface area contributed by atoms with Crippen LogP contribution in [0.2, 0.25) is 0 Å². The van der Waals surface area contributed by atoms with E-state index in [4.69, 9.17) is 18.9 Å². The van der Waals surface area contributed by atoms with Crippen molar-refractivity contribution in [3.63, 3.8) is 0 Å². The van der Waals surface area contributed by atoms with Crippen LogP contribution in [0.3, 0.4) is 0 Å². The number of aryl methyl sites for hydroxylation is 1. The first-order valence-corrected chi connectivity index (χ1v) is 8.85. The van der Waals surface area contributed by atoms with Crippen LogP contribution >= 0.6 is 0 Å². The molecule has 1 heterocycles. The third-order valence-electron chi connectivity index (χ3n) is 3.99. The number of carbonyl (C=O) groups is 2. The lowest BCUT2D eigenvalue weighted by molar-refractivity contribution is -0.116. The second-order valence-electron chi connectivity index (χ2n) is 6.07. The molecule has 2 amide bonds. The Hall–Kier alpha value is -3.26. The van der Waals surface area contributed by atoms with Crippen molar-refractivity contribution in [3.05, 3.63) is 48.0 Å². The predicted octanol–water partition coefficient (Wildman–Crippen LogP) is 3.18. The summed E-state index contributed by atoms with van der Waals surface area (Å²) in [6, 6.07) is 12.5. The molecule has 0 unspecified atom stereocenters. The fourth-order valence-corrected chi connectivity index (χ4v) is 2.62. The van der Waals surface area contributed by atoms with E-state index < -0.39 is 6.09 Å². The Bertz CT molecular complexity index is 839. The van der Waals surface area contributed by atoms with Crippen molar-refractivity contribution >= 4 is 23.4 Å². The van der Waals surface area contributed by atoms with Crippen LogP contribution in [0.15, 0.2) is 42.5 Å². The van der Waals surface area contributed by atoms with Gasteiger partial charge in [-0.2, -0.15) is 0 Å². The molecule has 1 aliphatic rings. The average molecular weight is 386 g/mol. The molecule has 2 aromatic rings. The molecule has 1 aliphatic heterocycles. The molecular weight excluding hydrogens is 364 g/mol. The summed E-state index contributed by atoms with van der Waals surface area (Å²) < 4.78 is 20.4. The highest BCUT2D eigenvalue weighted by molar-refractivity contribution is 5.92. The Morgan fingerprint density at radius 1 is 1.00 bits per heavy atom. The zero-order valence-electron chi connectivity index (χ0n) is 15.5.